The lowest BCUT2D eigenvalue weighted by Gasteiger charge is -2.37. The van der Waals surface area contributed by atoms with E-state index >= 15 is 0 Å². The Morgan fingerprint density at radius 1 is 1.22 bits per heavy atom. The number of hydrogen-bond acceptors (Lipinski definition) is 2. The summed E-state index contributed by atoms with van der Waals surface area (Å²) in [6, 6.07) is 0. The Balaban J connectivity index is 1.83. The number of carbonyl (C=O) groups excluding carboxylic acids is 1. The SMILES string of the molecule is CC1(O)CCCN(C(=O)CC2CCCCCC2)C1. The highest BCUT2D eigenvalue weighted by atomic mass is 16.3. The first kappa shape index (κ1) is 13.9. The van der Waals surface area contributed by atoms with Gasteiger partial charge in [0.2, 0.25) is 5.91 Å². The Kier molecular flexibility index (Phi) is 4.66. The van der Waals surface area contributed by atoms with Crippen LogP contribution in [0.1, 0.15) is 64.7 Å². The molecule has 3 nitrogen and oxygen atoms in total. The first-order chi connectivity index (χ1) is 8.57. The number of rotatable bonds is 2. The quantitative estimate of drug-likeness (QED) is 0.769. The summed E-state index contributed by atoms with van der Waals surface area (Å²) in [5.41, 5.74) is -0.669. The van der Waals surface area contributed by atoms with Crippen molar-refractivity contribution in [1.29, 1.82) is 0 Å². The van der Waals surface area contributed by atoms with Crippen molar-refractivity contribution >= 4 is 5.91 Å². The van der Waals surface area contributed by atoms with Gasteiger partial charge in [-0.25, -0.2) is 0 Å². The minimum absolute atomic E-state index is 0.266. The van der Waals surface area contributed by atoms with Gasteiger partial charge in [-0.1, -0.05) is 25.7 Å². The topological polar surface area (TPSA) is 40.5 Å². The van der Waals surface area contributed by atoms with Gasteiger partial charge in [0, 0.05) is 19.5 Å². The van der Waals surface area contributed by atoms with E-state index in [0.29, 0.717) is 18.9 Å². The Bertz CT molecular complexity index is 280. The Hall–Kier alpha value is -0.570. The molecule has 0 spiro atoms. The van der Waals surface area contributed by atoms with Gasteiger partial charge in [0.05, 0.1) is 5.60 Å². The first-order valence-corrected chi connectivity index (χ1v) is 7.57. The highest BCUT2D eigenvalue weighted by Crippen LogP contribution is 2.27. The van der Waals surface area contributed by atoms with E-state index < -0.39 is 5.60 Å². The van der Waals surface area contributed by atoms with Crippen LogP contribution in [0.2, 0.25) is 0 Å². The molecule has 0 aromatic rings. The number of likely N-dealkylation sites (tertiary alicyclic amines) is 1. The molecule has 1 unspecified atom stereocenters. The van der Waals surface area contributed by atoms with Crippen molar-refractivity contribution in [3.8, 4) is 0 Å². The van der Waals surface area contributed by atoms with Crippen LogP contribution in [0.3, 0.4) is 0 Å². The molecule has 18 heavy (non-hydrogen) atoms. The van der Waals surface area contributed by atoms with Crippen LogP contribution in [0.4, 0.5) is 0 Å². The fourth-order valence-corrected chi connectivity index (χ4v) is 3.38. The van der Waals surface area contributed by atoms with E-state index in [9.17, 15) is 9.90 Å². The van der Waals surface area contributed by atoms with Crippen LogP contribution in [0, 0.1) is 5.92 Å². The number of nitrogens with zero attached hydrogens (tertiary/aromatic N) is 1. The third kappa shape index (κ3) is 3.98. The molecule has 1 aliphatic heterocycles. The van der Waals surface area contributed by atoms with Crippen molar-refractivity contribution in [2.75, 3.05) is 13.1 Å². The molecular weight excluding hydrogens is 226 g/mol. The monoisotopic (exact) mass is 253 g/mol. The Morgan fingerprint density at radius 2 is 1.89 bits per heavy atom. The maximum atomic E-state index is 12.3. The third-order valence-electron chi connectivity index (χ3n) is 4.47. The van der Waals surface area contributed by atoms with Gasteiger partial charge in [-0.3, -0.25) is 4.79 Å². The average Bonchev–Trinajstić information content (AvgIpc) is 2.56. The second kappa shape index (κ2) is 6.05. The fourth-order valence-electron chi connectivity index (χ4n) is 3.38. The van der Waals surface area contributed by atoms with Gasteiger partial charge < -0.3 is 10.0 Å². The number of aliphatic hydroxyl groups is 1. The molecule has 1 saturated heterocycles. The molecule has 2 rings (SSSR count). The van der Waals surface area contributed by atoms with Crippen molar-refractivity contribution in [3.63, 3.8) is 0 Å². The normalized spacial score (nSPS) is 31.1. The number of β-amino-alcohol motifs (C(OH)–C–C–N with tert-alkyl or cyclic N) is 1. The second-order valence-corrected chi connectivity index (χ2v) is 6.48. The smallest absolute Gasteiger partial charge is 0.222 e. The summed E-state index contributed by atoms with van der Waals surface area (Å²) in [4.78, 5) is 14.2. The molecule has 1 atom stereocenters. The van der Waals surface area contributed by atoms with Crippen LogP contribution in [0.5, 0.6) is 0 Å². The molecular formula is C15H27NO2. The lowest BCUT2D eigenvalue weighted by molar-refractivity contribution is -0.138. The third-order valence-corrected chi connectivity index (χ3v) is 4.47. The van der Waals surface area contributed by atoms with Gasteiger partial charge in [0.15, 0.2) is 0 Å². The standard InChI is InChI=1S/C15H27NO2/c1-15(18)9-6-10-16(12-15)14(17)11-13-7-4-2-3-5-8-13/h13,18H,2-12H2,1H3. The average molecular weight is 253 g/mol. The summed E-state index contributed by atoms with van der Waals surface area (Å²) in [6.07, 6.45) is 10.1. The van der Waals surface area contributed by atoms with E-state index in [2.05, 4.69) is 0 Å². The predicted molar refractivity (Wildman–Crippen MR) is 72.2 cm³/mol. The number of carbonyl (C=O) groups is 1. The number of hydrogen-bond donors (Lipinski definition) is 1. The summed E-state index contributed by atoms with van der Waals surface area (Å²) >= 11 is 0. The zero-order chi connectivity index (χ0) is 13.0. The second-order valence-electron chi connectivity index (χ2n) is 6.48. The molecule has 1 heterocycles. The highest BCUT2D eigenvalue weighted by molar-refractivity contribution is 5.76. The van der Waals surface area contributed by atoms with Crippen molar-refractivity contribution in [1.82, 2.24) is 4.90 Å². The van der Waals surface area contributed by atoms with Crippen LogP contribution in [-0.2, 0) is 4.79 Å². The van der Waals surface area contributed by atoms with Gasteiger partial charge in [-0.15, -0.1) is 0 Å². The van der Waals surface area contributed by atoms with E-state index in [1.807, 2.05) is 11.8 Å². The van der Waals surface area contributed by atoms with Gasteiger partial charge in [-0.2, -0.15) is 0 Å². The van der Waals surface area contributed by atoms with E-state index in [-0.39, 0.29) is 5.91 Å². The van der Waals surface area contributed by atoms with Crippen LogP contribution in [0.15, 0.2) is 0 Å². The maximum absolute atomic E-state index is 12.3. The van der Waals surface area contributed by atoms with E-state index in [0.717, 1.165) is 19.4 Å². The maximum Gasteiger partial charge on any atom is 0.222 e. The molecule has 2 fully saturated rings. The Labute approximate surface area is 111 Å². The molecule has 3 heteroatoms. The molecule has 0 radical (unpaired) electrons. The molecule has 0 aromatic heterocycles. The van der Waals surface area contributed by atoms with Crippen molar-refractivity contribution in [2.24, 2.45) is 5.92 Å². The van der Waals surface area contributed by atoms with Crippen LogP contribution in [-0.4, -0.2) is 34.6 Å². The predicted octanol–water partition coefficient (Wildman–Crippen LogP) is 2.72. The molecule has 1 aliphatic carbocycles. The van der Waals surface area contributed by atoms with E-state index in [4.69, 9.17) is 0 Å². The van der Waals surface area contributed by atoms with Gasteiger partial charge in [0.25, 0.3) is 0 Å². The molecule has 2 aliphatic rings. The Morgan fingerprint density at radius 3 is 2.50 bits per heavy atom. The van der Waals surface area contributed by atoms with Gasteiger partial charge in [-0.05, 0) is 38.5 Å². The van der Waals surface area contributed by atoms with E-state index in [1.54, 1.807) is 0 Å². The summed E-state index contributed by atoms with van der Waals surface area (Å²) in [7, 11) is 0. The van der Waals surface area contributed by atoms with Gasteiger partial charge in [0.1, 0.15) is 0 Å². The molecule has 0 bridgehead atoms. The van der Waals surface area contributed by atoms with E-state index in [1.165, 1.54) is 38.5 Å². The van der Waals surface area contributed by atoms with Crippen molar-refractivity contribution < 1.29 is 9.90 Å². The summed E-state index contributed by atoms with van der Waals surface area (Å²) in [5.74, 6) is 0.855. The molecule has 1 saturated carbocycles. The summed E-state index contributed by atoms with van der Waals surface area (Å²) in [5, 5.41) is 10.1. The van der Waals surface area contributed by atoms with Crippen molar-refractivity contribution in [2.45, 2.75) is 70.3 Å². The lowest BCUT2D eigenvalue weighted by Crippen LogP contribution is -2.48. The first-order valence-electron chi connectivity index (χ1n) is 7.57. The zero-order valence-electron chi connectivity index (χ0n) is 11.7. The molecule has 1 amide bonds. The van der Waals surface area contributed by atoms with Crippen LogP contribution in [0.25, 0.3) is 0 Å². The van der Waals surface area contributed by atoms with Crippen LogP contribution < -0.4 is 0 Å². The molecule has 0 aromatic carbocycles. The number of piperidine rings is 1. The molecule has 104 valence electrons. The minimum atomic E-state index is -0.669. The summed E-state index contributed by atoms with van der Waals surface area (Å²) < 4.78 is 0. The summed E-state index contributed by atoms with van der Waals surface area (Å²) in [6.45, 7) is 3.21. The van der Waals surface area contributed by atoms with Gasteiger partial charge >= 0.3 is 0 Å². The minimum Gasteiger partial charge on any atom is -0.388 e. The number of amides is 1. The zero-order valence-corrected chi connectivity index (χ0v) is 11.7. The van der Waals surface area contributed by atoms with Crippen LogP contribution >= 0.6 is 0 Å². The fraction of sp³-hybridized carbons (Fsp3) is 0.933. The highest BCUT2D eigenvalue weighted by Gasteiger charge is 2.31. The lowest BCUT2D eigenvalue weighted by atomic mass is 9.92. The molecule has 1 N–H and O–H groups in total. The largest absolute Gasteiger partial charge is 0.388 e. The van der Waals surface area contributed by atoms with Crippen molar-refractivity contribution in [3.05, 3.63) is 0 Å².